The minimum Gasteiger partial charge on any atom is -0.504 e. The van der Waals surface area contributed by atoms with E-state index in [0.717, 1.165) is 0 Å². The van der Waals surface area contributed by atoms with Crippen LogP contribution in [0.5, 0.6) is 11.5 Å². The molecular formula is C14H17NO6. The Labute approximate surface area is 121 Å². The van der Waals surface area contributed by atoms with Gasteiger partial charge in [0.05, 0.1) is 7.11 Å². The SMILES string of the molecule is C=CCOC(=O)NC(Cc1ccc(OC)c(O)c1)C(=O)O. The predicted octanol–water partition coefficient (Wildman–Crippen LogP) is 1.31. The van der Waals surface area contributed by atoms with E-state index < -0.39 is 18.1 Å². The van der Waals surface area contributed by atoms with Gasteiger partial charge in [0.25, 0.3) is 0 Å². The quantitative estimate of drug-likeness (QED) is 0.655. The Morgan fingerprint density at radius 3 is 2.71 bits per heavy atom. The average Bonchev–Trinajstić information content (AvgIpc) is 2.44. The highest BCUT2D eigenvalue weighted by molar-refractivity contribution is 5.80. The third-order valence-corrected chi connectivity index (χ3v) is 2.61. The summed E-state index contributed by atoms with van der Waals surface area (Å²) in [6.45, 7) is 3.37. The van der Waals surface area contributed by atoms with Crippen LogP contribution in [-0.2, 0) is 16.0 Å². The monoisotopic (exact) mass is 295 g/mol. The lowest BCUT2D eigenvalue weighted by Gasteiger charge is -2.15. The molecule has 0 saturated carbocycles. The Morgan fingerprint density at radius 2 is 2.19 bits per heavy atom. The van der Waals surface area contributed by atoms with Crippen LogP contribution in [0.15, 0.2) is 30.9 Å². The number of benzene rings is 1. The number of carbonyl (C=O) groups excluding carboxylic acids is 1. The van der Waals surface area contributed by atoms with Gasteiger partial charge in [-0.2, -0.15) is 0 Å². The second-order valence-corrected chi connectivity index (χ2v) is 4.13. The lowest BCUT2D eigenvalue weighted by atomic mass is 10.1. The summed E-state index contributed by atoms with van der Waals surface area (Å²) in [4.78, 5) is 22.5. The number of methoxy groups -OCH3 is 1. The first-order valence-corrected chi connectivity index (χ1v) is 6.10. The summed E-state index contributed by atoms with van der Waals surface area (Å²) in [5.74, 6) is -1.03. The zero-order chi connectivity index (χ0) is 15.8. The van der Waals surface area contributed by atoms with E-state index in [9.17, 15) is 14.7 Å². The number of carboxylic acids is 1. The summed E-state index contributed by atoms with van der Waals surface area (Å²) >= 11 is 0. The number of nitrogens with one attached hydrogen (secondary N) is 1. The number of aromatic hydroxyl groups is 1. The van der Waals surface area contributed by atoms with Crippen LogP contribution in [0.2, 0.25) is 0 Å². The van der Waals surface area contributed by atoms with Crippen molar-refractivity contribution in [2.75, 3.05) is 13.7 Å². The number of amides is 1. The highest BCUT2D eigenvalue weighted by Crippen LogP contribution is 2.26. The molecule has 114 valence electrons. The van der Waals surface area contributed by atoms with Crippen LogP contribution in [-0.4, -0.2) is 42.0 Å². The van der Waals surface area contributed by atoms with Crippen molar-refractivity contribution in [3.05, 3.63) is 36.4 Å². The Morgan fingerprint density at radius 1 is 1.48 bits per heavy atom. The normalized spacial score (nSPS) is 11.3. The van der Waals surface area contributed by atoms with Gasteiger partial charge in [-0.1, -0.05) is 18.7 Å². The van der Waals surface area contributed by atoms with E-state index in [-0.39, 0.29) is 24.5 Å². The number of carbonyl (C=O) groups is 2. The Balaban J connectivity index is 2.74. The average molecular weight is 295 g/mol. The second-order valence-electron chi connectivity index (χ2n) is 4.13. The van der Waals surface area contributed by atoms with Crippen LogP contribution in [0.3, 0.4) is 0 Å². The maximum absolute atomic E-state index is 11.4. The molecule has 0 aliphatic rings. The molecule has 7 heteroatoms. The van der Waals surface area contributed by atoms with Crippen LogP contribution < -0.4 is 10.1 Å². The molecule has 1 amide bonds. The summed E-state index contributed by atoms with van der Waals surface area (Å²) in [5.41, 5.74) is 0.532. The molecule has 0 bridgehead atoms. The minimum absolute atomic E-state index is 0.00389. The van der Waals surface area contributed by atoms with Crippen molar-refractivity contribution >= 4 is 12.1 Å². The maximum atomic E-state index is 11.4. The van der Waals surface area contributed by atoms with E-state index >= 15 is 0 Å². The van der Waals surface area contributed by atoms with Gasteiger partial charge < -0.3 is 25.0 Å². The van der Waals surface area contributed by atoms with Gasteiger partial charge in [0.2, 0.25) is 0 Å². The van der Waals surface area contributed by atoms with Crippen LogP contribution in [0, 0.1) is 0 Å². The van der Waals surface area contributed by atoms with Crippen molar-refractivity contribution in [3.8, 4) is 11.5 Å². The number of ether oxygens (including phenoxy) is 2. The van der Waals surface area contributed by atoms with Crippen LogP contribution in [0.1, 0.15) is 5.56 Å². The van der Waals surface area contributed by atoms with Gasteiger partial charge in [-0.3, -0.25) is 0 Å². The van der Waals surface area contributed by atoms with Gasteiger partial charge in [0, 0.05) is 6.42 Å². The van der Waals surface area contributed by atoms with Crippen LogP contribution >= 0.6 is 0 Å². The van der Waals surface area contributed by atoms with Gasteiger partial charge in [-0.15, -0.1) is 0 Å². The molecule has 21 heavy (non-hydrogen) atoms. The zero-order valence-corrected chi connectivity index (χ0v) is 11.5. The van der Waals surface area contributed by atoms with Gasteiger partial charge in [-0.25, -0.2) is 9.59 Å². The Bertz CT molecular complexity index is 528. The van der Waals surface area contributed by atoms with Gasteiger partial charge in [0.1, 0.15) is 12.6 Å². The van der Waals surface area contributed by atoms with E-state index in [2.05, 4.69) is 16.6 Å². The molecule has 0 saturated heterocycles. The zero-order valence-electron chi connectivity index (χ0n) is 11.5. The number of alkyl carbamates (subject to hydrolysis) is 1. The maximum Gasteiger partial charge on any atom is 0.408 e. The van der Waals surface area contributed by atoms with E-state index in [0.29, 0.717) is 5.56 Å². The van der Waals surface area contributed by atoms with Crippen molar-refractivity contribution in [2.45, 2.75) is 12.5 Å². The number of hydrogen-bond donors (Lipinski definition) is 3. The lowest BCUT2D eigenvalue weighted by Crippen LogP contribution is -2.42. The van der Waals surface area contributed by atoms with Crippen molar-refractivity contribution < 1.29 is 29.3 Å². The topological polar surface area (TPSA) is 105 Å². The van der Waals surface area contributed by atoms with Crippen LogP contribution in [0.4, 0.5) is 4.79 Å². The second kappa shape index (κ2) is 7.78. The summed E-state index contributed by atoms with van der Waals surface area (Å²) < 4.78 is 9.56. The van der Waals surface area contributed by atoms with Gasteiger partial charge in [0.15, 0.2) is 11.5 Å². The fraction of sp³-hybridized carbons (Fsp3) is 0.286. The fourth-order valence-electron chi connectivity index (χ4n) is 1.62. The first kappa shape index (κ1) is 16.4. The number of phenols is 1. The van der Waals surface area contributed by atoms with E-state index in [4.69, 9.17) is 9.84 Å². The van der Waals surface area contributed by atoms with Gasteiger partial charge >= 0.3 is 12.1 Å². The molecule has 0 aromatic heterocycles. The fourth-order valence-corrected chi connectivity index (χ4v) is 1.62. The van der Waals surface area contributed by atoms with Crippen LogP contribution in [0.25, 0.3) is 0 Å². The molecule has 3 N–H and O–H groups in total. The molecule has 0 aliphatic heterocycles. The molecule has 0 fully saturated rings. The smallest absolute Gasteiger partial charge is 0.408 e. The molecule has 0 aliphatic carbocycles. The molecule has 1 atom stereocenters. The predicted molar refractivity (Wildman–Crippen MR) is 74.5 cm³/mol. The third-order valence-electron chi connectivity index (χ3n) is 2.61. The highest BCUT2D eigenvalue weighted by Gasteiger charge is 2.21. The molecule has 0 radical (unpaired) electrons. The number of phenolic OH excluding ortho intramolecular Hbond substituents is 1. The van der Waals surface area contributed by atoms with E-state index in [1.54, 1.807) is 6.07 Å². The number of aliphatic carboxylic acids is 1. The molecule has 1 aromatic rings. The number of rotatable bonds is 7. The number of carboxylic acid groups (broad SMARTS) is 1. The Kier molecular flexibility index (Phi) is 6.06. The molecular weight excluding hydrogens is 278 g/mol. The van der Waals surface area contributed by atoms with Crippen molar-refractivity contribution in [1.29, 1.82) is 0 Å². The molecule has 1 aromatic carbocycles. The first-order chi connectivity index (χ1) is 9.97. The molecule has 1 rings (SSSR count). The van der Waals surface area contributed by atoms with Gasteiger partial charge in [-0.05, 0) is 17.7 Å². The lowest BCUT2D eigenvalue weighted by molar-refractivity contribution is -0.139. The molecule has 0 heterocycles. The molecule has 0 spiro atoms. The van der Waals surface area contributed by atoms with E-state index in [1.165, 1.54) is 25.3 Å². The number of hydrogen-bond acceptors (Lipinski definition) is 5. The van der Waals surface area contributed by atoms with Crippen molar-refractivity contribution in [1.82, 2.24) is 5.32 Å². The molecule has 1 unspecified atom stereocenters. The van der Waals surface area contributed by atoms with Crippen molar-refractivity contribution in [2.24, 2.45) is 0 Å². The van der Waals surface area contributed by atoms with Crippen molar-refractivity contribution in [3.63, 3.8) is 0 Å². The highest BCUT2D eigenvalue weighted by atomic mass is 16.5. The summed E-state index contributed by atoms with van der Waals surface area (Å²) in [6.07, 6.45) is 0.521. The minimum atomic E-state index is -1.21. The molecule has 7 nitrogen and oxygen atoms in total. The summed E-state index contributed by atoms with van der Waals surface area (Å²) in [5, 5.41) is 21.0. The summed E-state index contributed by atoms with van der Waals surface area (Å²) in [6, 6.07) is 3.33. The largest absolute Gasteiger partial charge is 0.504 e. The Hall–Kier alpha value is -2.70. The van der Waals surface area contributed by atoms with E-state index in [1.807, 2.05) is 0 Å². The first-order valence-electron chi connectivity index (χ1n) is 6.10. The standard InChI is InChI=1S/C14H17NO6/c1-3-6-21-14(19)15-10(13(17)18)7-9-4-5-12(20-2)11(16)8-9/h3-5,8,10,16H,1,6-7H2,2H3,(H,15,19)(H,17,18). The third kappa shape index (κ3) is 5.06. The summed E-state index contributed by atoms with van der Waals surface area (Å²) in [7, 11) is 1.41.